The van der Waals surface area contributed by atoms with Crippen LogP contribution in [0.4, 0.5) is 11.4 Å². The summed E-state index contributed by atoms with van der Waals surface area (Å²) >= 11 is 0. The zero-order chi connectivity index (χ0) is 22.9. The first-order valence-corrected chi connectivity index (χ1v) is 11.6. The number of ether oxygens (including phenoxy) is 1. The number of benzene rings is 2. The van der Waals surface area contributed by atoms with Gasteiger partial charge < -0.3 is 19.9 Å². The average Bonchev–Trinajstić information content (AvgIpc) is 2.83. The number of ketones is 1. The maximum Gasteiger partial charge on any atom is 0.224 e. The quantitative estimate of drug-likeness (QED) is 0.554. The number of rotatable bonds is 10. The predicted molar refractivity (Wildman–Crippen MR) is 130 cm³/mol. The Balaban J connectivity index is 1.48. The van der Waals surface area contributed by atoms with Crippen molar-refractivity contribution in [3.63, 3.8) is 0 Å². The van der Waals surface area contributed by atoms with Crippen LogP contribution < -0.4 is 15.0 Å². The van der Waals surface area contributed by atoms with Crippen LogP contribution in [0.3, 0.4) is 0 Å². The molecule has 2 aromatic rings. The van der Waals surface area contributed by atoms with E-state index >= 15 is 0 Å². The number of hydrogen-bond acceptors (Lipinski definition) is 5. The molecule has 2 aromatic carbocycles. The van der Waals surface area contributed by atoms with Gasteiger partial charge in [0.05, 0.1) is 6.61 Å². The highest BCUT2D eigenvalue weighted by Gasteiger charge is 2.17. The summed E-state index contributed by atoms with van der Waals surface area (Å²) in [6, 6.07) is 13.3. The van der Waals surface area contributed by atoms with Crippen LogP contribution in [0, 0.1) is 6.92 Å². The Morgan fingerprint density at radius 2 is 1.69 bits per heavy atom. The van der Waals surface area contributed by atoms with Gasteiger partial charge in [0.25, 0.3) is 0 Å². The molecule has 0 saturated carbocycles. The third kappa shape index (κ3) is 6.57. The summed E-state index contributed by atoms with van der Waals surface area (Å²) in [5.74, 6) is 0.571. The first kappa shape index (κ1) is 23.8. The van der Waals surface area contributed by atoms with E-state index in [4.69, 9.17) is 4.74 Å². The maximum atomic E-state index is 12.4. The molecule has 1 saturated heterocycles. The fraction of sp³-hybridized carbons (Fsp3) is 0.462. The van der Waals surface area contributed by atoms with E-state index in [1.807, 2.05) is 19.9 Å². The van der Waals surface area contributed by atoms with Crippen molar-refractivity contribution in [1.29, 1.82) is 0 Å². The van der Waals surface area contributed by atoms with E-state index in [0.29, 0.717) is 12.2 Å². The molecular weight excluding hydrogens is 402 g/mol. The van der Waals surface area contributed by atoms with Gasteiger partial charge in [-0.2, -0.15) is 0 Å². The van der Waals surface area contributed by atoms with Crippen LogP contribution in [-0.4, -0.2) is 55.9 Å². The monoisotopic (exact) mass is 437 g/mol. The van der Waals surface area contributed by atoms with E-state index in [1.54, 1.807) is 24.3 Å². The first-order chi connectivity index (χ1) is 15.5. The van der Waals surface area contributed by atoms with E-state index in [-0.39, 0.29) is 24.5 Å². The van der Waals surface area contributed by atoms with E-state index in [1.165, 1.54) is 5.69 Å². The number of Topliss-reactive ketones (excluding diaryl/α,β-unsaturated/α-hetero) is 1. The summed E-state index contributed by atoms with van der Waals surface area (Å²) in [6.45, 7) is 12.2. The molecule has 1 aliphatic heterocycles. The van der Waals surface area contributed by atoms with Crippen molar-refractivity contribution >= 4 is 23.1 Å². The molecule has 1 heterocycles. The summed E-state index contributed by atoms with van der Waals surface area (Å²) in [5.41, 5.74) is 3.63. The van der Waals surface area contributed by atoms with Gasteiger partial charge in [-0.25, -0.2) is 0 Å². The van der Waals surface area contributed by atoms with Gasteiger partial charge in [-0.1, -0.05) is 13.8 Å². The molecule has 3 rings (SSSR count). The van der Waals surface area contributed by atoms with Gasteiger partial charge in [0.15, 0.2) is 5.78 Å². The van der Waals surface area contributed by atoms with Gasteiger partial charge in [-0.15, -0.1) is 0 Å². The summed E-state index contributed by atoms with van der Waals surface area (Å²) in [5, 5.41) is 2.96. The van der Waals surface area contributed by atoms with E-state index in [9.17, 15) is 9.59 Å². The zero-order valence-corrected chi connectivity index (χ0v) is 19.5. The molecule has 6 heteroatoms. The normalized spacial score (nSPS) is 14.3. The number of nitrogens with one attached hydrogen (secondary N) is 1. The van der Waals surface area contributed by atoms with Crippen molar-refractivity contribution in [3.8, 4) is 5.75 Å². The zero-order valence-electron chi connectivity index (χ0n) is 19.5. The molecule has 32 heavy (non-hydrogen) atoms. The highest BCUT2D eigenvalue weighted by atomic mass is 16.5. The van der Waals surface area contributed by atoms with E-state index in [2.05, 4.69) is 34.2 Å². The van der Waals surface area contributed by atoms with E-state index < -0.39 is 0 Å². The lowest BCUT2D eigenvalue weighted by Gasteiger charge is -2.35. The molecular formula is C26H35N3O3. The Morgan fingerprint density at radius 3 is 2.31 bits per heavy atom. The number of nitrogens with zero attached hydrogens (tertiary/aromatic N) is 2. The molecule has 0 aromatic heterocycles. The Morgan fingerprint density at radius 1 is 0.969 bits per heavy atom. The largest absolute Gasteiger partial charge is 0.494 e. The van der Waals surface area contributed by atoms with Gasteiger partial charge in [-0.05, 0) is 67.9 Å². The standard InChI is InChI=1S/C26H35N3O3/c1-4-18-32-23-9-6-21(7-10-23)25(30)12-13-26(31)27-24-11-8-22(19-20(24)3)29-16-14-28(5-2)15-17-29/h6-11,19H,4-5,12-18H2,1-3H3,(H,27,31). The molecule has 0 spiro atoms. The predicted octanol–water partition coefficient (Wildman–Crippen LogP) is 4.53. The van der Waals surface area contributed by atoms with E-state index in [0.717, 1.165) is 56.1 Å². The number of hydrogen-bond donors (Lipinski definition) is 1. The molecule has 0 unspecified atom stereocenters. The molecule has 0 atom stereocenters. The van der Waals surface area contributed by atoms with Crippen LogP contribution in [0.15, 0.2) is 42.5 Å². The third-order valence-electron chi connectivity index (χ3n) is 5.90. The topological polar surface area (TPSA) is 61.9 Å². The molecule has 1 fully saturated rings. The second-order valence-electron chi connectivity index (χ2n) is 8.26. The average molecular weight is 438 g/mol. The number of aryl methyl sites for hydroxylation is 1. The number of carbonyl (C=O) groups excluding carboxylic acids is 2. The summed E-state index contributed by atoms with van der Waals surface area (Å²) in [6.07, 6.45) is 1.28. The van der Waals surface area contributed by atoms with Crippen LogP contribution in [0.5, 0.6) is 5.75 Å². The third-order valence-corrected chi connectivity index (χ3v) is 5.90. The molecule has 1 amide bonds. The first-order valence-electron chi connectivity index (χ1n) is 11.6. The summed E-state index contributed by atoms with van der Waals surface area (Å²) < 4.78 is 5.54. The number of amides is 1. The fourth-order valence-electron chi connectivity index (χ4n) is 3.85. The minimum absolute atomic E-state index is 0.0412. The van der Waals surface area contributed by atoms with Crippen molar-refractivity contribution in [2.75, 3.05) is 49.5 Å². The minimum atomic E-state index is -0.145. The number of likely N-dealkylation sites (N-methyl/N-ethyl adjacent to an activating group) is 1. The lowest BCUT2D eigenvalue weighted by atomic mass is 10.1. The number of carbonyl (C=O) groups is 2. The van der Waals surface area contributed by atoms with Crippen LogP contribution in [0.2, 0.25) is 0 Å². The van der Waals surface area contributed by atoms with Gasteiger partial charge in [0, 0.05) is 56.0 Å². The highest BCUT2D eigenvalue weighted by molar-refractivity contribution is 6.00. The summed E-state index contributed by atoms with van der Waals surface area (Å²) in [7, 11) is 0. The van der Waals surface area contributed by atoms with Gasteiger partial charge >= 0.3 is 0 Å². The fourth-order valence-corrected chi connectivity index (χ4v) is 3.85. The smallest absolute Gasteiger partial charge is 0.224 e. The van der Waals surface area contributed by atoms with Crippen molar-refractivity contribution in [2.24, 2.45) is 0 Å². The minimum Gasteiger partial charge on any atom is -0.494 e. The molecule has 1 aliphatic rings. The van der Waals surface area contributed by atoms with Gasteiger partial charge in [0.1, 0.15) is 5.75 Å². The van der Waals surface area contributed by atoms with Crippen LogP contribution in [-0.2, 0) is 4.79 Å². The molecule has 6 nitrogen and oxygen atoms in total. The molecule has 0 bridgehead atoms. The van der Waals surface area contributed by atoms with Crippen LogP contribution in [0.1, 0.15) is 49.0 Å². The van der Waals surface area contributed by atoms with Crippen molar-refractivity contribution < 1.29 is 14.3 Å². The maximum absolute atomic E-state index is 12.4. The Kier molecular flexibility index (Phi) is 8.68. The van der Waals surface area contributed by atoms with Gasteiger partial charge in [-0.3, -0.25) is 9.59 Å². The lowest BCUT2D eigenvalue weighted by Crippen LogP contribution is -2.46. The lowest BCUT2D eigenvalue weighted by molar-refractivity contribution is -0.116. The molecule has 172 valence electrons. The highest BCUT2D eigenvalue weighted by Crippen LogP contribution is 2.24. The SMILES string of the molecule is CCCOc1ccc(C(=O)CCC(=O)Nc2ccc(N3CCN(CC)CC3)cc2C)cc1. The van der Waals surface area contributed by atoms with Crippen molar-refractivity contribution in [1.82, 2.24) is 4.90 Å². The Bertz CT molecular complexity index is 903. The van der Waals surface area contributed by atoms with Crippen LogP contribution in [0.25, 0.3) is 0 Å². The second-order valence-corrected chi connectivity index (χ2v) is 8.26. The molecule has 0 aliphatic carbocycles. The number of piperazine rings is 1. The number of anilines is 2. The van der Waals surface area contributed by atoms with Crippen molar-refractivity contribution in [2.45, 2.75) is 40.0 Å². The van der Waals surface area contributed by atoms with Crippen molar-refractivity contribution in [3.05, 3.63) is 53.6 Å². The summed E-state index contributed by atoms with van der Waals surface area (Å²) in [4.78, 5) is 29.7. The Hall–Kier alpha value is -2.86. The Labute approximate surface area is 191 Å². The molecule has 1 N–H and O–H groups in total. The van der Waals surface area contributed by atoms with Crippen LogP contribution >= 0.6 is 0 Å². The second kappa shape index (κ2) is 11.7. The van der Waals surface area contributed by atoms with Gasteiger partial charge in [0.2, 0.25) is 5.91 Å². The molecule has 0 radical (unpaired) electrons.